The molecule has 0 aliphatic carbocycles. The SMILES string of the molecule is Cc1cc(Cc2c(F)cccc2F)cc(-c2ccc(-n3cccn3)nc2)c1[N+](=O)[O-]. The number of aromatic nitrogens is 3. The fourth-order valence-electron chi connectivity index (χ4n) is 3.41. The number of pyridine rings is 1. The first-order chi connectivity index (χ1) is 14.4. The van der Waals surface area contributed by atoms with Crippen molar-refractivity contribution in [3.63, 3.8) is 0 Å². The van der Waals surface area contributed by atoms with Gasteiger partial charge in [0.25, 0.3) is 5.69 Å². The predicted molar refractivity (Wildman–Crippen MR) is 107 cm³/mol. The molecule has 0 bridgehead atoms. The molecule has 8 heteroatoms. The zero-order chi connectivity index (χ0) is 21.3. The summed E-state index contributed by atoms with van der Waals surface area (Å²) in [5.74, 6) is -0.747. The van der Waals surface area contributed by atoms with Gasteiger partial charge in [0, 0.05) is 41.7 Å². The summed E-state index contributed by atoms with van der Waals surface area (Å²) in [5.41, 5.74) is 1.68. The molecule has 30 heavy (non-hydrogen) atoms. The molecule has 0 saturated carbocycles. The second kappa shape index (κ2) is 7.82. The first kappa shape index (κ1) is 19.4. The Morgan fingerprint density at radius 3 is 2.47 bits per heavy atom. The maximum absolute atomic E-state index is 14.1. The van der Waals surface area contributed by atoms with E-state index >= 15 is 0 Å². The van der Waals surface area contributed by atoms with E-state index in [0.717, 1.165) is 0 Å². The summed E-state index contributed by atoms with van der Waals surface area (Å²) in [4.78, 5) is 15.6. The Morgan fingerprint density at radius 2 is 1.87 bits per heavy atom. The molecule has 0 spiro atoms. The van der Waals surface area contributed by atoms with Crippen LogP contribution in [0.15, 0.2) is 67.1 Å². The lowest BCUT2D eigenvalue weighted by Gasteiger charge is -2.11. The zero-order valence-corrected chi connectivity index (χ0v) is 15.9. The molecule has 0 aliphatic heterocycles. The average molecular weight is 406 g/mol. The van der Waals surface area contributed by atoms with E-state index in [1.165, 1.54) is 24.4 Å². The fraction of sp³-hybridized carbons (Fsp3) is 0.0909. The Morgan fingerprint density at radius 1 is 1.10 bits per heavy atom. The van der Waals surface area contributed by atoms with Crippen LogP contribution in [-0.2, 0) is 6.42 Å². The van der Waals surface area contributed by atoms with E-state index in [4.69, 9.17) is 0 Å². The van der Waals surface area contributed by atoms with Gasteiger partial charge in [0.05, 0.1) is 10.5 Å². The largest absolute Gasteiger partial charge is 0.280 e. The summed E-state index contributed by atoms with van der Waals surface area (Å²) in [6.45, 7) is 1.61. The van der Waals surface area contributed by atoms with Gasteiger partial charge >= 0.3 is 0 Å². The lowest BCUT2D eigenvalue weighted by molar-refractivity contribution is -0.384. The summed E-state index contributed by atoms with van der Waals surface area (Å²) < 4.78 is 29.7. The Labute approximate surface area is 170 Å². The normalized spacial score (nSPS) is 10.9. The lowest BCUT2D eigenvalue weighted by atomic mass is 9.95. The standard InChI is InChI=1S/C22H16F2N4O2/c1-14-10-15(12-18-19(23)4-2-5-20(18)24)11-17(22(14)28(29)30)16-6-7-21(25-13-16)27-9-3-8-26-27/h2-11,13H,12H2,1H3. The molecule has 0 N–H and O–H groups in total. The fourth-order valence-corrected chi connectivity index (χ4v) is 3.41. The Bertz CT molecular complexity index is 1200. The van der Waals surface area contributed by atoms with Gasteiger partial charge in [-0.05, 0) is 55.0 Å². The van der Waals surface area contributed by atoms with Crippen LogP contribution in [0.5, 0.6) is 0 Å². The van der Waals surface area contributed by atoms with E-state index in [9.17, 15) is 18.9 Å². The topological polar surface area (TPSA) is 73.8 Å². The maximum atomic E-state index is 14.1. The molecular weight excluding hydrogens is 390 g/mol. The van der Waals surface area contributed by atoms with Crippen molar-refractivity contribution in [2.45, 2.75) is 13.3 Å². The summed E-state index contributed by atoms with van der Waals surface area (Å²) in [7, 11) is 0. The highest BCUT2D eigenvalue weighted by atomic mass is 19.1. The second-order valence-corrected chi connectivity index (χ2v) is 6.80. The van der Waals surface area contributed by atoms with Gasteiger partial charge in [0.2, 0.25) is 0 Å². The number of halogens is 2. The Hall–Kier alpha value is -3.94. The van der Waals surface area contributed by atoms with Crippen molar-refractivity contribution in [3.8, 4) is 16.9 Å². The molecule has 0 unspecified atom stereocenters. The highest BCUT2D eigenvalue weighted by Gasteiger charge is 2.21. The quantitative estimate of drug-likeness (QED) is 0.345. The number of nitrogens with zero attached hydrogens (tertiary/aromatic N) is 4. The molecule has 2 aromatic heterocycles. The molecular formula is C22H16F2N4O2. The Balaban J connectivity index is 1.79. The first-order valence-corrected chi connectivity index (χ1v) is 9.11. The molecule has 2 heterocycles. The molecule has 2 aromatic carbocycles. The van der Waals surface area contributed by atoms with Crippen LogP contribution in [0.4, 0.5) is 14.5 Å². The number of nitro groups is 1. The molecule has 0 radical (unpaired) electrons. The van der Waals surface area contributed by atoms with Gasteiger partial charge in [-0.2, -0.15) is 5.10 Å². The van der Waals surface area contributed by atoms with Crippen LogP contribution in [0.3, 0.4) is 0 Å². The molecule has 0 amide bonds. The van der Waals surface area contributed by atoms with Crippen LogP contribution >= 0.6 is 0 Å². The molecule has 150 valence electrons. The minimum Gasteiger partial charge on any atom is -0.258 e. The second-order valence-electron chi connectivity index (χ2n) is 6.80. The lowest BCUT2D eigenvalue weighted by Crippen LogP contribution is -2.02. The third-order valence-electron chi connectivity index (χ3n) is 4.78. The first-order valence-electron chi connectivity index (χ1n) is 9.11. The highest BCUT2D eigenvalue weighted by Crippen LogP contribution is 2.35. The van der Waals surface area contributed by atoms with Crippen LogP contribution in [-0.4, -0.2) is 19.7 Å². The van der Waals surface area contributed by atoms with Gasteiger partial charge in [-0.15, -0.1) is 0 Å². The summed E-state index contributed by atoms with van der Waals surface area (Å²) in [6.07, 6.45) is 4.85. The Kier molecular flexibility index (Phi) is 5.05. The third-order valence-corrected chi connectivity index (χ3v) is 4.78. The molecule has 4 aromatic rings. The van der Waals surface area contributed by atoms with Gasteiger partial charge in [0.1, 0.15) is 11.6 Å². The summed E-state index contributed by atoms with van der Waals surface area (Å²) >= 11 is 0. The van der Waals surface area contributed by atoms with Crippen molar-refractivity contribution in [3.05, 3.63) is 106 Å². The van der Waals surface area contributed by atoms with Crippen molar-refractivity contribution < 1.29 is 13.7 Å². The van der Waals surface area contributed by atoms with E-state index in [1.54, 1.807) is 54.3 Å². The van der Waals surface area contributed by atoms with Crippen LogP contribution in [0.2, 0.25) is 0 Å². The number of rotatable bonds is 5. The van der Waals surface area contributed by atoms with Crippen molar-refractivity contribution in [1.82, 2.24) is 14.8 Å². The number of hydrogen-bond donors (Lipinski definition) is 0. The van der Waals surface area contributed by atoms with E-state index < -0.39 is 16.6 Å². The summed E-state index contributed by atoms with van der Waals surface area (Å²) in [6, 6.07) is 12.0. The number of benzene rings is 2. The van der Waals surface area contributed by atoms with Crippen LogP contribution in [0.1, 0.15) is 16.7 Å². The molecule has 0 atom stereocenters. The smallest absolute Gasteiger partial charge is 0.258 e. The molecule has 4 rings (SSSR count). The number of nitro benzene ring substituents is 1. The van der Waals surface area contributed by atoms with Crippen molar-refractivity contribution >= 4 is 5.69 Å². The minimum atomic E-state index is -0.655. The molecule has 0 aliphatic rings. The molecule has 6 nitrogen and oxygen atoms in total. The summed E-state index contributed by atoms with van der Waals surface area (Å²) in [5, 5.41) is 15.8. The van der Waals surface area contributed by atoms with Crippen molar-refractivity contribution in [2.24, 2.45) is 0 Å². The van der Waals surface area contributed by atoms with E-state index in [2.05, 4.69) is 10.1 Å². The average Bonchev–Trinajstić information content (AvgIpc) is 3.25. The maximum Gasteiger partial charge on any atom is 0.280 e. The number of aryl methyl sites for hydroxylation is 1. The zero-order valence-electron chi connectivity index (χ0n) is 15.9. The highest BCUT2D eigenvalue weighted by molar-refractivity contribution is 5.76. The van der Waals surface area contributed by atoms with Gasteiger partial charge in [-0.3, -0.25) is 10.1 Å². The predicted octanol–water partition coefficient (Wildman–Crippen LogP) is 5.02. The van der Waals surface area contributed by atoms with Gasteiger partial charge < -0.3 is 0 Å². The van der Waals surface area contributed by atoms with Crippen LogP contribution in [0, 0.1) is 28.7 Å². The van der Waals surface area contributed by atoms with Gasteiger partial charge in [-0.1, -0.05) is 6.07 Å². The van der Waals surface area contributed by atoms with Crippen LogP contribution < -0.4 is 0 Å². The van der Waals surface area contributed by atoms with Gasteiger partial charge in [-0.25, -0.2) is 18.4 Å². The third kappa shape index (κ3) is 3.67. The van der Waals surface area contributed by atoms with E-state index in [-0.39, 0.29) is 17.7 Å². The monoisotopic (exact) mass is 406 g/mol. The van der Waals surface area contributed by atoms with Crippen molar-refractivity contribution in [2.75, 3.05) is 0 Å². The van der Waals surface area contributed by atoms with Crippen LogP contribution in [0.25, 0.3) is 16.9 Å². The van der Waals surface area contributed by atoms with E-state index in [0.29, 0.717) is 28.1 Å². The van der Waals surface area contributed by atoms with E-state index in [1.807, 2.05) is 0 Å². The van der Waals surface area contributed by atoms with Crippen molar-refractivity contribution in [1.29, 1.82) is 0 Å². The molecule has 0 fully saturated rings. The van der Waals surface area contributed by atoms with Gasteiger partial charge in [0.15, 0.2) is 5.82 Å². The number of hydrogen-bond acceptors (Lipinski definition) is 4. The minimum absolute atomic E-state index is 0.0247. The molecule has 0 saturated heterocycles.